The molecule has 136 valence electrons. The van der Waals surface area contributed by atoms with Gasteiger partial charge in [0.15, 0.2) is 0 Å². The maximum Gasteiger partial charge on any atom is 0.238 e. The van der Waals surface area contributed by atoms with Crippen LogP contribution in [0.4, 0.5) is 5.69 Å². The maximum absolute atomic E-state index is 11.3. The SMILES string of the molecule is CS(=O)(=O)Nc1ccc(-c2csc(-c3ccc(S(N)(=O)=O)cc3)n2)cc1. The largest absolute Gasteiger partial charge is 0.284 e. The van der Waals surface area contributed by atoms with Gasteiger partial charge in [0.2, 0.25) is 20.0 Å². The number of benzene rings is 2. The van der Waals surface area contributed by atoms with Crippen LogP contribution in [0.2, 0.25) is 0 Å². The molecule has 0 unspecified atom stereocenters. The van der Waals surface area contributed by atoms with E-state index in [1.807, 2.05) is 5.38 Å². The highest BCUT2D eigenvalue weighted by atomic mass is 32.2. The molecule has 0 fully saturated rings. The van der Waals surface area contributed by atoms with Gasteiger partial charge in [0.05, 0.1) is 16.8 Å². The van der Waals surface area contributed by atoms with Crippen LogP contribution in [-0.2, 0) is 20.0 Å². The van der Waals surface area contributed by atoms with Gasteiger partial charge in [-0.25, -0.2) is 27.0 Å². The number of hydrogen-bond donors (Lipinski definition) is 2. The van der Waals surface area contributed by atoms with Crippen molar-refractivity contribution in [2.24, 2.45) is 5.14 Å². The first kappa shape index (κ1) is 18.5. The molecule has 0 aliphatic rings. The Morgan fingerprint density at radius 2 is 1.50 bits per heavy atom. The van der Waals surface area contributed by atoms with Gasteiger partial charge in [-0.1, -0.05) is 24.3 Å². The van der Waals surface area contributed by atoms with Crippen molar-refractivity contribution in [2.45, 2.75) is 4.90 Å². The molecule has 0 saturated carbocycles. The van der Waals surface area contributed by atoms with Crippen molar-refractivity contribution in [1.82, 2.24) is 4.98 Å². The lowest BCUT2D eigenvalue weighted by Gasteiger charge is -2.04. The molecule has 10 heteroatoms. The van der Waals surface area contributed by atoms with Crippen LogP contribution in [0.3, 0.4) is 0 Å². The number of sulfonamides is 2. The van der Waals surface area contributed by atoms with Gasteiger partial charge in [0, 0.05) is 22.2 Å². The van der Waals surface area contributed by atoms with E-state index in [1.165, 1.54) is 23.5 Å². The third-order valence-electron chi connectivity index (χ3n) is 3.42. The summed E-state index contributed by atoms with van der Waals surface area (Å²) < 4.78 is 47.5. The summed E-state index contributed by atoms with van der Waals surface area (Å²) in [6.45, 7) is 0. The average Bonchev–Trinajstić information content (AvgIpc) is 3.03. The fraction of sp³-hybridized carbons (Fsp3) is 0.0625. The molecule has 0 bridgehead atoms. The van der Waals surface area contributed by atoms with Crippen LogP contribution in [0.15, 0.2) is 58.8 Å². The lowest BCUT2D eigenvalue weighted by atomic mass is 10.1. The number of rotatable bonds is 5. The van der Waals surface area contributed by atoms with Gasteiger partial charge in [0.1, 0.15) is 5.01 Å². The van der Waals surface area contributed by atoms with E-state index in [1.54, 1.807) is 36.4 Å². The van der Waals surface area contributed by atoms with E-state index in [0.717, 1.165) is 28.1 Å². The fourth-order valence-electron chi connectivity index (χ4n) is 2.25. The molecule has 2 aromatic carbocycles. The lowest BCUT2D eigenvalue weighted by Crippen LogP contribution is -2.11. The molecule has 0 atom stereocenters. The Bertz CT molecular complexity index is 1130. The number of anilines is 1. The standard InChI is InChI=1S/C16H15N3O4S3/c1-25(20,21)19-13-6-2-11(3-7-13)15-10-24-16(18-15)12-4-8-14(9-5-12)26(17,22)23/h2-10,19H,1H3,(H2,17,22,23). The van der Waals surface area contributed by atoms with Crippen molar-refractivity contribution in [3.8, 4) is 21.8 Å². The molecule has 0 radical (unpaired) electrons. The summed E-state index contributed by atoms with van der Waals surface area (Å²) in [6.07, 6.45) is 1.09. The van der Waals surface area contributed by atoms with Crippen LogP contribution in [0.5, 0.6) is 0 Å². The van der Waals surface area contributed by atoms with Crippen LogP contribution >= 0.6 is 11.3 Å². The normalized spacial score (nSPS) is 12.1. The van der Waals surface area contributed by atoms with E-state index in [-0.39, 0.29) is 4.90 Å². The molecule has 7 nitrogen and oxygen atoms in total. The molecule has 0 aliphatic carbocycles. The number of primary sulfonamides is 1. The van der Waals surface area contributed by atoms with Crippen LogP contribution in [-0.4, -0.2) is 28.1 Å². The van der Waals surface area contributed by atoms with Gasteiger partial charge in [-0.05, 0) is 24.3 Å². The topological polar surface area (TPSA) is 119 Å². The zero-order valence-corrected chi connectivity index (χ0v) is 16.0. The van der Waals surface area contributed by atoms with E-state index in [4.69, 9.17) is 5.14 Å². The van der Waals surface area contributed by atoms with Gasteiger partial charge < -0.3 is 0 Å². The van der Waals surface area contributed by atoms with Crippen molar-refractivity contribution < 1.29 is 16.8 Å². The Morgan fingerprint density at radius 3 is 2.04 bits per heavy atom. The first-order valence-corrected chi connectivity index (χ1v) is 11.6. The summed E-state index contributed by atoms with van der Waals surface area (Å²) in [7, 11) is -7.04. The minimum atomic E-state index is -3.72. The second-order valence-electron chi connectivity index (χ2n) is 5.56. The average molecular weight is 410 g/mol. The summed E-state index contributed by atoms with van der Waals surface area (Å²) in [6, 6.07) is 13.1. The second-order valence-corrected chi connectivity index (χ2v) is 9.73. The zero-order valence-electron chi connectivity index (χ0n) is 13.6. The Labute approximate surface area is 155 Å². The predicted octanol–water partition coefficient (Wildman–Crippen LogP) is 2.50. The maximum atomic E-state index is 11.3. The Kier molecular flexibility index (Phi) is 4.84. The summed E-state index contributed by atoms with van der Waals surface area (Å²) in [5, 5.41) is 7.70. The van der Waals surface area contributed by atoms with Gasteiger partial charge in [-0.2, -0.15) is 0 Å². The monoisotopic (exact) mass is 409 g/mol. The van der Waals surface area contributed by atoms with E-state index >= 15 is 0 Å². The molecule has 0 amide bonds. The zero-order chi connectivity index (χ0) is 18.9. The molecule has 1 aromatic heterocycles. The number of thiazole rings is 1. The highest BCUT2D eigenvalue weighted by Gasteiger charge is 2.10. The summed E-state index contributed by atoms with van der Waals surface area (Å²) in [4.78, 5) is 4.59. The quantitative estimate of drug-likeness (QED) is 0.671. The first-order chi connectivity index (χ1) is 12.1. The van der Waals surface area contributed by atoms with Crippen LogP contribution in [0.1, 0.15) is 0 Å². The molecule has 3 aromatic rings. The second kappa shape index (κ2) is 6.80. The van der Waals surface area contributed by atoms with E-state index in [0.29, 0.717) is 5.69 Å². The van der Waals surface area contributed by atoms with Crippen molar-refractivity contribution in [1.29, 1.82) is 0 Å². The number of nitrogens with one attached hydrogen (secondary N) is 1. The summed E-state index contributed by atoms with van der Waals surface area (Å²) >= 11 is 1.42. The lowest BCUT2D eigenvalue weighted by molar-refractivity contribution is 0.597. The molecule has 26 heavy (non-hydrogen) atoms. The summed E-state index contributed by atoms with van der Waals surface area (Å²) in [5.74, 6) is 0. The minimum Gasteiger partial charge on any atom is -0.284 e. The molecule has 0 aliphatic heterocycles. The van der Waals surface area contributed by atoms with E-state index < -0.39 is 20.0 Å². The van der Waals surface area contributed by atoms with Crippen molar-refractivity contribution in [3.05, 3.63) is 53.9 Å². The Morgan fingerprint density at radius 1 is 0.923 bits per heavy atom. The van der Waals surface area contributed by atoms with Gasteiger partial charge in [0.25, 0.3) is 0 Å². The fourth-order valence-corrected chi connectivity index (χ4v) is 4.16. The van der Waals surface area contributed by atoms with Gasteiger partial charge in [-0.15, -0.1) is 11.3 Å². The number of nitrogens with zero attached hydrogens (tertiary/aromatic N) is 1. The van der Waals surface area contributed by atoms with Crippen molar-refractivity contribution in [3.63, 3.8) is 0 Å². The van der Waals surface area contributed by atoms with Crippen LogP contribution in [0.25, 0.3) is 21.8 Å². The molecule has 0 spiro atoms. The predicted molar refractivity (Wildman–Crippen MR) is 103 cm³/mol. The highest BCUT2D eigenvalue weighted by Crippen LogP contribution is 2.30. The molecule has 1 heterocycles. The Hall–Kier alpha value is -2.27. The number of nitrogens with two attached hydrogens (primary N) is 1. The smallest absolute Gasteiger partial charge is 0.238 e. The van der Waals surface area contributed by atoms with E-state index in [2.05, 4.69) is 9.71 Å². The molecule has 3 rings (SSSR count). The highest BCUT2D eigenvalue weighted by molar-refractivity contribution is 7.92. The number of hydrogen-bond acceptors (Lipinski definition) is 6. The van der Waals surface area contributed by atoms with Crippen molar-refractivity contribution >= 4 is 37.1 Å². The van der Waals surface area contributed by atoms with Crippen LogP contribution < -0.4 is 9.86 Å². The summed E-state index contributed by atoms with van der Waals surface area (Å²) in [5.41, 5.74) is 2.84. The van der Waals surface area contributed by atoms with Crippen molar-refractivity contribution in [2.75, 3.05) is 11.0 Å². The first-order valence-electron chi connectivity index (χ1n) is 7.29. The van der Waals surface area contributed by atoms with Gasteiger partial charge >= 0.3 is 0 Å². The van der Waals surface area contributed by atoms with E-state index in [9.17, 15) is 16.8 Å². The molecular formula is C16H15N3O4S3. The Balaban J connectivity index is 1.83. The minimum absolute atomic E-state index is 0.0481. The third-order valence-corrected chi connectivity index (χ3v) is 5.84. The molecular weight excluding hydrogens is 394 g/mol. The molecule has 3 N–H and O–H groups in total. The van der Waals surface area contributed by atoms with Crippen LogP contribution in [0, 0.1) is 0 Å². The number of aromatic nitrogens is 1. The van der Waals surface area contributed by atoms with Gasteiger partial charge in [-0.3, -0.25) is 4.72 Å². The molecule has 0 saturated heterocycles. The third kappa shape index (κ3) is 4.47.